The van der Waals surface area contributed by atoms with Gasteiger partial charge in [0, 0.05) is 18.4 Å². The standard InChI is InChI=1S/C29H38N2O5/c1-28(2,3)36-27(34)30-14-13-21(19-9-7-6-8-10-19)25(30)24(32)16-18-11-12-22-20(15-18)17-23-26(33)35-29(4,5)31(22)23/h11-12,15,17,19,21,25H,6-10,13-14,16H2,1-5H3/t21-,25-/m0/s1. The van der Waals surface area contributed by atoms with Crippen molar-refractivity contribution in [2.24, 2.45) is 11.8 Å². The third-order valence-corrected chi connectivity index (χ3v) is 7.99. The molecule has 0 N–H and O–H groups in total. The number of amides is 1. The first kappa shape index (κ1) is 24.8. The molecule has 1 aromatic heterocycles. The van der Waals surface area contributed by atoms with Gasteiger partial charge in [0.25, 0.3) is 0 Å². The molecule has 2 aromatic rings. The Morgan fingerprint density at radius 1 is 1.08 bits per heavy atom. The minimum Gasteiger partial charge on any atom is -0.444 e. The Labute approximate surface area is 213 Å². The van der Waals surface area contributed by atoms with Crippen LogP contribution in [-0.2, 0) is 26.4 Å². The fourth-order valence-electron chi connectivity index (χ4n) is 6.55. The fourth-order valence-corrected chi connectivity index (χ4v) is 6.55. The molecule has 1 aromatic carbocycles. The third-order valence-electron chi connectivity index (χ3n) is 7.99. The van der Waals surface area contributed by atoms with Gasteiger partial charge in [-0.15, -0.1) is 0 Å². The van der Waals surface area contributed by atoms with Gasteiger partial charge >= 0.3 is 12.1 Å². The first-order valence-electron chi connectivity index (χ1n) is 13.4. The zero-order chi connectivity index (χ0) is 25.8. The molecule has 0 bridgehead atoms. The Morgan fingerprint density at radius 2 is 1.81 bits per heavy atom. The maximum Gasteiger partial charge on any atom is 0.410 e. The number of fused-ring (bicyclic) bond motifs is 3. The number of hydrogen-bond acceptors (Lipinski definition) is 5. The van der Waals surface area contributed by atoms with Gasteiger partial charge in [0.15, 0.2) is 11.5 Å². The molecular weight excluding hydrogens is 456 g/mol. The minimum atomic E-state index is -0.740. The van der Waals surface area contributed by atoms with Gasteiger partial charge in [-0.25, -0.2) is 9.59 Å². The van der Waals surface area contributed by atoms with Gasteiger partial charge < -0.3 is 9.47 Å². The summed E-state index contributed by atoms with van der Waals surface area (Å²) in [6.45, 7) is 9.88. The molecule has 1 saturated heterocycles. The van der Waals surface area contributed by atoms with Crippen LogP contribution in [0.3, 0.4) is 0 Å². The Balaban J connectivity index is 1.41. The van der Waals surface area contributed by atoms with Gasteiger partial charge in [0.2, 0.25) is 0 Å². The number of carbonyl (C=O) groups excluding carboxylic acids is 3. The van der Waals surface area contributed by atoms with Crippen molar-refractivity contribution in [1.29, 1.82) is 0 Å². The first-order chi connectivity index (χ1) is 16.9. The summed E-state index contributed by atoms with van der Waals surface area (Å²) in [5, 5.41) is 0.916. The van der Waals surface area contributed by atoms with Crippen LogP contribution >= 0.6 is 0 Å². The highest BCUT2D eigenvalue weighted by molar-refractivity contribution is 5.98. The molecule has 36 heavy (non-hydrogen) atoms. The molecule has 0 unspecified atom stereocenters. The number of carbonyl (C=O) groups is 3. The van der Waals surface area contributed by atoms with Crippen LogP contribution in [0.2, 0.25) is 0 Å². The van der Waals surface area contributed by atoms with Crippen molar-refractivity contribution in [3.05, 3.63) is 35.5 Å². The summed E-state index contributed by atoms with van der Waals surface area (Å²) in [5.41, 5.74) is 0.984. The van der Waals surface area contributed by atoms with E-state index >= 15 is 0 Å². The number of hydrogen-bond donors (Lipinski definition) is 0. The number of Topliss-reactive ketones (excluding diaryl/α,β-unsaturated/α-hetero) is 1. The number of rotatable bonds is 4. The lowest BCUT2D eigenvalue weighted by atomic mass is 9.75. The molecule has 7 heteroatoms. The summed E-state index contributed by atoms with van der Waals surface area (Å²) < 4.78 is 13.1. The van der Waals surface area contributed by atoms with Gasteiger partial charge in [-0.1, -0.05) is 38.2 Å². The molecule has 2 fully saturated rings. The molecule has 2 atom stereocenters. The van der Waals surface area contributed by atoms with E-state index in [-0.39, 0.29) is 30.2 Å². The predicted octanol–water partition coefficient (Wildman–Crippen LogP) is 5.82. The third kappa shape index (κ3) is 4.53. The number of benzene rings is 1. The van der Waals surface area contributed by atoms with Gasteiger partial charge in [0.05, 0.1) is 11.6 Å². The van der Waals surface area contributed by atoms with Crippen LogP contribution < -0.4 is 0 Å². The number of ether oxygens (including phenoxy) is 2. The number of aromatic nitrogens is 1. The topological polar surface area (TPSA) is 77.8 Å². The quantitative estimate of drug-likeness (QED) is 0.501. The highest BCUT2D eigenvalue weighted by Gasteiger charge is 2.46. The van der Waals surface area contributed by atoms with Crippen molar-refractivity contribution in [3.8, 4) is 0 Å². The molecule has 0 radical (unpaired) electrons. The summed E-state index contributed by atoms with van der Waals surface area (Å²) in [7, 11) is 0. The van der Waals surface area contributed by atoms with Crippen LogP contribution in [0.4, 0.5) is 4.79 Å². The van der Waals surface area contributed by atoms with Gasteiger partial charge in [-0.3, -0.25) is 14.3 Å². The SMILES string of the molecule is CC(C)(C)OC(=O)N1CC[C@@H](C2CCCCC2)[C@H]1C(=O)Cc1ccc2c(c1)cc1n2C(C)(C)OC1=O. The molecule has 7 nitrogen and oxygen atoms in total. The van der Waals surface area contributed by atoms with Crippen LogP contribution in [0.25, 0.3) is 10.9 Å². The maximum atomic E-state index is 13.9. The lowest BCUT2D eigenvalue weighted by molar-refractivity contribution is -0.124. The molecule has 2 aliphatic heterocycles. The zero-order valence-corrected chi connectivity index (χ0v) is 22.1. The van der Waals surface area contributed by atoms with Crippen molar-refractivity contribution < 1.29 is 23.9 Å². The lowest BCUT2D eigenvalue weighted by Crippen LogP contribution is -2.47. The lowest BCUT2D eigenvalue weighted by Gasteiger charge is -2.34. The average Bonchev–Trinajstić information content (AvgIpc) is 3.46. The molecule has 3 heterocycles. The van der Waals surface area contributed by atoms with E-state index in [1.54, 1.807) is 4.90 Å². The zero-order valence-electron chi connectivity index (χ0n) is 22.1. The van der Waals surface area contributed by atoms with E-state index in [4.69, 9.17) is 9.47 Å². The van der Waals surface area contributed by atoms with Gasteiger partial charge in [0.1, 0.15) is 11.3 Å². The average molecular weight is 495 g/mol. The number of ketones is 1. The molecule has 5 rings (SSSR count). The summed E-state index contributed by atoms with van der Waals surface area (Å²) in [5.74, 6) is 0.399. The normalized spacial score (nSPS) is 24.1. The second kappa shape index (κ2) is 8.93. The smallest absolute Gasteiger partial charge is 0.410 e. The van der Waals surface area contributed by atoms with E-state index in [9.17, 15) is 14.4 Å². The van der Waals surface area contributed by atoms with Crippen LogP contribution in [0.5, 0.6) is 0 Å². The van der Waals surface area contributed by atoms with Gasteiger partial charge in [-0.2, -0.15) is 0 Å². The van der Waals surface area contributed by atoms with Crippen molar-refractivity contribution in [2.75, 3.05) is 6.54 Å². The van der Waals surface area contributed by atoms with E-state index < -0.39 is 17.4 Å². The minimum absolute atomic E-state index is 0.0692. The fraction of sp³-hybridized carbons (Fsp3) is 0.621. The van der Waals surface area contributed by atoms with Crippen LogP contribution in [0.15, 0.2) is 24.3 Å². The molecule has 3 aliphatic rings. The molecule has 194 valence electrons. The largest absolute Gasteiger partial charge is 0.444 e. The van der Waals surface area contributed by atoms with E-state index in [1.807, 2.05) is 63.5 Å². The maximum absolute atomic E-state index is 13.9. The molecule has 1 saturated carbocycles. The van der Waals surface area contributed by atoms with Crippen molar-refractivity contribution >= 4 is 28.7 Å². The monoisotopic (exact) mass is 494 g/mol. The first-order valence-corrected chi connectivity index (χ1v) is 13.4. The van der Waals surface area contributed by atoms with Crippen LogP contribution in [-0.4, -0.2) is 45.5 Å². The Hall–Kier alpha value is -2.83. The van der Waals surface area contributed by atoms with E-state index in [1.165, 1.54) is 19.3 Å². The number of esters is 1. The molecule has 0 spiro atoms. The van der Waals surface area contributed by atoms with Gasteiger partial charge in [-0.05, 0) is 76.6 Å². The van der Waals surface area contributed by atoms with Crippen molar-refractivity contribution in [1.82, 2.24) is 9.47 Å². The second-order valence-corrected chi connectivity index (χ2v) is 12.2. The number of nitrogens with zero attached hydrogens (tertiary/aromatic N) is 2. The Morgan fingerprint density at radius 3 is 2.50 bits per heavy atom. The van der Waals surface area contributed by atoms with Crippen molar-refractivity contribution in [2.45, 2.75) is 96.9 Å². The summed E-state index contributed by atoms with van der Waals surface area (Å²) >= 11 is 0. The van der Waals surface area contributed by atoms with Crippen LogP contribution in [0.1, 0.15) is 89.2 Å². The summed E-state index contributed by atoms with van der Waals surface area (Å²) in [4.78, 5) is 41.0. The Kier molecular flexibility index (Phi) is 6.16. The second-order valence-electron chi connectivity index (χ2n) is 12.2. The molecule has 1 aliphatic carbocycles. The Bertz CT molecular complexity index is 1200. The predicted molar refractivity (Wildman–Crippen MR) is 137 cm³/mol. The number of cyclic esters (lactones) is 1. The summed E-state index contributed by atoms with van der Waals surface area (Å²) in [6, 6.07) is 7.29. The van der Waals surface area contributed by atoms with Crippen LogP contribution in [0, 0.1) is 11.8 Å². The number of likely N-dealkylation sites (tertiary alicyclic amines) is 1. The molecular formula is C29H38N2O5. The van der Waals surface area contributed by atoms with E-state index in [0.717, 1.165) is 35.7 Å². The summed E-state index contributed by atoms with van der Waals surface area (Å²) in [6.07, 6.45) is 6.62. The van der Waals surface area contributed by atoms with E-state index in [2.05, 4.69) is 0 Å². The van der Waals surface area contributed by atoms with E-state index in [0.29, 0.717) is 18.2 Å². The highest BCUT2D eigenvalue weighted by atomic mass is 16.6. The molecule has 1 amide bonds. The van der Waals surface area contributed by atoms with Crippen molar-refractivity contribution in [3.63, 3.8) is 0 Å². The highest BCUT2D eigenvalue weighted by Crippen LogP contribution is 2.40.